The molecule has 144 valence electrons. The molecule has 1 aliphatic carbocycles. The first-order valence-electron chi connectivity index (χ1n) is 9.48. The number of hydrogen-bond donors (Lipinski definition) is 1. The quantitative estimate of drug-likeness (QED) is 0.462. The van der Waals surface area contributed by atoms with Gasteiger partial charge < -0.3 is 14.5 Å². The van der Waals surface area contributed by atoms with Crippen LogP contribution in [0.1, 0.15) is 29.3 Å². The van der Waals surface area contributed by atoms with E-state index in [4.69, 9.17) is 9.15 Å². The molecule has 0 fully saturated rings. The number of fused-ring (bicyclic) bond motifs is 1. The molecule has 2 heterocycles. The second kappa shape index (κ2) is 8.46. The zero-order valence-corrected chi connectivity index (χ0v) is 15.9. The Kier molecular flexibility index (Phi) is 5.60. The summed E-state index contributed by atoms with van der Waals surface area (Å²) >= 11 is 0. The number of aryl methyl sites for hydroxylation is 1. The first-order valence-corrected chi connectivity index (χ1v) is 9.48. The Labute approximate surface area is 163 Å². The van der Waals surface area contributed by atoms with Gasteiger partial charge in [-0.15, -0.1) is 0 Å². The fourth-order valence-corrected chi connectivity index (χ4v) is 3.72. The average molecular weight is 377 g/mol. The topological polar surface area (TPSA) is 76.7 Å². The van der Waals surface area contributed by atoms with E-state index in [1.807, 2.05) is 24.3 Å². The summed E-state index contributed by atoms with van der Waals surface area (Å²) in [4.78, 5) is 15.1. The molecule has 0 amide bonds. The van der Waals surface area contributed by atoms with Gasteiger partial charge in [-0.25, -0.2) is 0 Å². The van der Waals surface area contributed by atoms with E-state index in [0.29, 0.717) is 13.2 Å². The second-order valence-corrected chi connectivity index (χ2v) is 6.93. The van der Waals surface area contributed by atoms with Crippen molar-refractivity contribution < 1.29 is 9.15 Å². The maximum Gasteiger partial charge on any atom is 0.142 e. The second-order valence-electron chi connectivity index (χ2n) is 6.93. The molecule has 0 spiro atoms. The van der Waals surface area contributed by atoms with E-state index >= 15 is 0 Å². The minimum absolute atomic E-state index is 0.221. The van der Waals surface area contributed by atoms with Crippen LogP contribution in [0.15, 0.2) is 58.4 Å². The molecule has 1 unspecified atom stereocenters. The molecule has 28 heavy (non-hydrogen) atoms. The predicted molar refractivity (Wildman–Crippen MR) is 108 cm³/mol. The molecule has 3 aromatic rings. The largest absolute Gasteiger partial charge is 0.459 e. The van der Waals surface area contributed by atoms with Crippen molar-refractivity contribution in [2.45, 2.75) is 25.4 Å². The highest BCUT2D eigenvalue weighted by Crippen LogP contribution is 2.40. The smallest absolute Gasteiger partial charge is 0.142 e. The Morgan fingerprint density at radius 3 is 2.86 bits per heavy atom. The summed E-state index contributed by atoms with van der Waals surface area (Å²) < 4.78 is 11.3. The van der Waals surface area contributed by atoms with E-state index in [2.05, 4.69) is 27.6 Å². The Bertz CT molecular complexity index is 953. The van der Waals surface area contributed by atoms with Crippen molar-refractivity contribution in [3.05, 3.63) is 70.6 Å². The first-order chi connectivity index (χ1) is 13.8. The minimum atomic E-state index is -0.221. The highest BCUT2D eigenvalue weighted by atomic mass is 16.5. The molecule has 1 aromatic carbocycles. The van der Waals surface area contributed by atoms with Crippen molar-refractivity contribution >= 4 is 0 Å². The summed E-state index contributed by atoms with van der Waals surface area (Å²) in [5.41, 5.74) is 5.33. The lowest BCUT2D eigenvalue weighted by Gasteiger charge is -2.07. The SMILES string of the molecule is COCCNCc1cc(-c2ccncc2)c(-c2ccc3c(c2)CCC3N=O)o1. The van der Waals surface area contributed by atoms with E-state index in [1.165, 1.54) is 5.56 Å². The van der Waals surface area contributed by atoms with Crippen molar-refractivity contribution in [1.29, 1.82) is 0 Å². The number of pyridine rings is 1. The van der Waals surface area contributed by atoms with Crippen LogP contribution in [0.3, 0.4) is 0 Å². The van der Waals surface area contributed by atoms with Crippen LogP contribution >= 0.6 is 0 Å². The summed E-state index contributed by atoms with van der Waals surface area (Å²) in [5.74, 6) is 1.70. The van der Waals surface area contributed by atoms with Gasteiger partial charge >= 0.3 is 0 Å². The van der Waals surface area contributed by atoms with Crippen molar-refractivity contribution in [3.63, 3.8) is 0 Å². The van der Waals surface area contributed by atoms with E-state index in [0.717, 1.165) is 53.2 Å². The third-order valence-electron chi connectivity index (χ3n) is 5.14. The maximum absolute atomic E-state index is 11.0. The van der Waals surface area contributed by atoms with Gasteiger partial charge in [-0.05, 0) is 53.8 Å². The van der Waals surface area contributed by atoms with E-state index in [9.17, 15) is 4.91 Å². The van der Waals surface area contributed by atoms with Crippen LogP contribution in [0.4, 0.5) is 0 Å². The molecule has 6 nitrogen and oxygen atoms in total. The van der Waals surface area contributed by atoms with Crippen LogP contribution in [-0.2, 0) is 17.7 Å². The molecule has 4 rings (SSSR count). The molecule has 1 atom stereocenters. The van der Waals surface area contributed by atoms with Gasteiger partial charge in [-0.1, -0.05) is 17.3 Å². The summed E-state index contributed by atoms with van der Waals surface area (Å²) in [6.45, 7) is 2.04. The molecule has 6 heteroatoms. The zero-order valence-electron chi connectivity index (χ0n) is 15.9. The number of aromatic nitrogens is 1. The third kappa shape index (κ3) is 3.74. The molecule has 0 aliphatic heterocycles. The lowest BCUT2D eigenvalue weighted by Crippen LogP contribution is -2.18. The van der Waals surface area contributed by atoms with Crippen LogP contribution in [0.2, 0.25) is 0 Å². The molecular weight excluding hydrogens is 354 g/mol. The first kappa shape index (κ1) is 18.5. The Morgan fingerprint density at radius 2 is 2.07 bits per heavy atom. The maximum atomic E-state index is 11.0. The van der Waals surface area contributed by atoms with Gasteiger partial charge in [0.15, 0.2) is 0 Å². The lowest BCUT2D eigenvalue weighted by atomic mass is 9.99. The van der Waals surface area contributed by atoms with Crippen LogP contribution in [0.5, 0.6) is 0 Å². The molecular formula is C22H23N3O3. The monoisotopic (exact) mass is 377 g/mol. The number of benzene rings is 1. The predicted octanol–water partition coefficient (Wildman–Crippen LogP) is 4.50. The molecule has 0 saturated carbocycles. The Balaban J connectivity index is 1.69. The van der Waals surface area contributed by atoms with Gasteiger partial charge in [0.2, 0.25) is 0 Å². The van der Waals surface area contributed by atoms with Crippen molar-refractivity contribution in [3.8, 4) is 22.5 Å². The van der Waals surface area contributed by atoms with Crippen LogP contribution in [-0.4, -0.2) is 25.2 Å². The Hall–Kier alpha value is -2.83. The minimum Gasteiger partial charge on any atom is -0.459 e. The van der Waals surface area contributed by atoms with Gasteiger partial charge in [-0.3, -0.25) is 4.98 Å². The number of rotatable bonds is 8. The fourth-order valence-electron chi connectivity index (χ4n) is 3.72. The van der Waals surface area contributed by atoms with Crippen LogP contribution in [0.25, 0.3) is 22.5 Å². The average Bonchev–Trinajstić information content (AvgIpc) is 3.35. The number of methoxy groups -OCH3 is 1. The van der Waals surface area contributed by atoms with E-state index in [-0.39, 0.29) is 6.04 Å². The number of furan rings is 1. The summed E-state index contributed by atoms with van der Waals surface area (Å²) in [6, 6.07) is 12.0. The molecule has 0 saturated heterocycles. The number of hydrogen-bond acceptors (Lipinski definition) is 6. The van der Waals surface area contributed by atoms with Gasteiger partial charge in [0, 0.05) is 37.2 Å². The van der Waals surface area contributed by atoms with Crippen molar-refractivity contribution in [2.75, 3.05) is 20.3 Å². The Morgan fingerprint density at radius 1 is 1.21 bits per heavy atom. The standard InChI is InChI=1S/C22H23N3O3/c1-27-11-10-24-14-18-13-20(15-6-8-23-9-7-15)22(28-18)17-2-4-19-16(12-17)3-5-21(19)25-26/h2,4,6-9,12-13,21,24H,3,5,10-11,14H2,1H3. The number of nitroso groups, excluding NO2 is 1. The molecule has 2 aromatic heterocycles. The van der Waals surface area contributed by atoms with Gasteiger partial charge in [0.1, 0.15) is 17.6 Å². The highest BCUT2D eigenvalue weighted by Gasteiger charge is 2.24. The lowest BCUT2D eigenvalue weighted by molar-refractivity contribution is 0.198. The fraction of sp³-hybridized carbons (Fsp3) is 0.318. The molecule has 0 bridgehead atoms. The van der Waals surface area contributed by atoms with Gasteiger partial charge in [0.25, 0.3) is 0 Å². The molecule has 1 aliphatic rings. The van der Waals surface area contributed by atoms with Crippen LogP contribution in [0, 0.1) is 4.91 Å². The number of ether oxygens (including phenoxy) is 1. The van der Waals surface area contributed by atoms with Crippen LogP contribution < -0.4 is 5.32 Å². The molecule has 0 radical (unpaired) electrons. The summed E-state index contributed by atoms with van der Waals surface area (Å²) in [7, 11) is 1.69. The van der Waals surface area contributed by atoms with E-state index in [1.54, 1.807) is 19.5 Å². The van der Waals surface area contributed by atoms with Gasteiger partial charge in [0.05, 0.1) is 13.2 Å². The summed E-state index contributed by atoms with van der Waals surface area (Å²) in [5, 5.41) is 6.57. The number of nitrogens with one attached hydrogen (secondary N) is 1. The summed E-state index contributed by atoms with van der Waals surface area (Å²) in [6.07, 6.45) is 5.22. The van der Waals surface area contributed by atoms with Crippen molar-refractivity contribution in [1.82, 2.24) is 10.3 Å². The number of nitrogens with zero attached hydrogens (tertiary/aromatic N) is 2. The highest BCUT2D eigenvalue weighted by molar-refractivity contribution is 5.80. The third-order valence-corrected chi connectivity index (χ3v) is 5.14. The normalized spacial score (nSPS) is 15.5. The van der Waals surface area contributed by atoms with E-state index < -0.39 is 0 Å². The van der Waals surface area contributed by atoms with Crippen molar-refractivity contribution in [2.24, 2.45) is 5.18 Å². The molecule has 1 N–H and O–H groups in total. The van der Waals surface area contributed by atoms with Gasteiger partial charge in [-0.2, -0.15) is 4.91 Å². The zero-order chi connectivity index (χ0) is 19.3.